The van der Waals surface area contributed by atoms with Crippen LogP contribution in [0, 0.1) is 0 Å². The van der Waals surface area contributed by atoms with Gasteiger partial charge in [-0.2, -0.15) is 0 Å². The number of hydrogen-bond acceptors (Lipinski definition) is 3. The van der Waals surface area contributed by atoms with E-state index in [0.717, 1.165) is 37.2 Å². The average molecular weight is 415 g/mol. The van der Waals surface area contributed by atoms with Gasteiger partial charge in [0.25, 0.3) is 0 Å². The third-order valence-electron chi connectivity index (χ3n) is 5.04. The van der Waals surface area contributed by atoms with Crippen LogP contribution in [-0.4, -0.2) is 42.5 Å². The fourth-order valence-corrected chi connectivity index (χ4v) is 3.64. The Morgan fingerprint density at radius 2 is 1.83 bits per heavy atom. The molecule has 3 amide bonds. The first-order chi connectivity index (χ1) is 14.0. The minimum absolute atomic E-state index is 0.0179. The third-order valence-corrected chi connectivity index (χ3v) is 5.28. The minimum Gasteiger partial charge on any atom is -0.335 e. The van der Waals surface area contributed by atoms with Gasteiger partial charge in [0.1, 0.15) is 0 Å². The zero-order chi connectivity index (χ0) is 20.6. The van der Waals surface area contributed by atoms with Crippen molar-refractivity contribution in [1.29, 1.82) is 0 Å². The van der Waals surface area contributed by atoms with Gasteiger partial charge >= 0.3 is 6.03 Å². The molecule has 154 valence electrons. The quantitative estimate of drug-likeness (QED) is 0.673. The monoisotopic (exact) mass is 414 g/mol. The number of urea groups is 1. The van der Waals surface area contributed by atoms with Crippen molar-refractivity contribution in [2.45, 2.75) is 31.8 Å². The Morgan fingerprint density at radius 3 is 2.52 bits per heavy atom. The lowest BCUT2D eigenvalue weighted by atomic mass is 10.1. The van der Waals surface area contributed by atoms with Gasteiger partial charge < -0.3 is 16.0 Å². The van der Waals surface area contributed by atoms with Crippen molar-refractivity contribution in [2.24, 2.45) is 0 Å². The number of nitrogens with one attached hydrogen (secondary N) is 3. The predicted octanol–water partition coefficient (Wildman–Crippen LogP) is 3.80. The number of amides is 3. The largest absolute Gasteiger partial charge is 0.335 e. The van der Waals surface area contributed by atoms with E-state index in [9.17, 15) is 9.59 Å². The van der Waals surface area contributed by atoms with Crippen molar-refractivity contribution in [1.82, 2.24) is 15.5 Å². The highest BCUT2D eigenvalue weighted by molar-refractivity contribution is 6.30. The van der Waals surface area contributed by atoms with E-state index in [1.165, 1.54) is 0 Å². The first-order valence-corrected chi connectivity index (χ1v) is 10.3. The molecule has 0 unspecified atom stereocenters. The summed E-state index contributed by atoms with van der Waals surface area (Å²) in [4.78, 5) is 26.6. The molecule has 1 aliphatic heterocycles. The Hall–Kier alpha value is -2.57. The Bertz CT molecular complexity index is 823. The van der Waals surface area contributed by atoms with Crippen LogP contribution in [0.3, 0.4) is 0 Å². The number of anilines is 1. The Kier molecular flexibility index (Phi) is 7.49. The number of rotatable bonds is 6. The minimum atomic E-state index is -0.183. The highest BCUT2D eigenvalue weighted by Gasteiger charge is 2.22. The summed E-state index contributed by atoms with van der Waals surface area (Å²) < 4.78 is 0. The second kappa shape index (κ2) is 10.3. The maximum absolute atomic E-state index is 12.3. The lowest BCUT2D eigenvalue weighted by Gasteiger charge is -2.32. The molecule has 1 atom stereocenters. The Morgan fingerprint density at radius 1 is 1.10 bits per heavy atom. The molecule has 3 rings (SSSR count). The molecule has 0 spiro atoms. The van der Waals surface area contributed by atoms with Crippen molar-refractivity contribution in [2.75, 3.05) is 25.0 Å². The van der Waals surface area contributed by atoms with Crippen LogP contribution in [-0.2, 0) is 4.79 Å². The summed E-state index contributed by atoms with van der Waals surface area (Å²) in [7, 11) is 0. The molecule has 7 heteroatoms. The number of piperidine rings is 1. The number of carbonyl (C=O) groups excluding carboxylic acids is 2. The van der Waals surface area contributed by atoms with Gasteiger partial charge in [-0.25, -0.2) is 4.79 Å². The normalized spacial score (nSPS) is 16.1. The topological polar surface area (TPSA) is 73.5 Å². The average Bonchev–Trinajstić information content (AvgIpc) is 2.70. The molecule has 1 heterocycles. The molecular weight excluding hydrogens is 388 g/mol. The van der Waals surface area contributed by atoms with Crippen molar-refractivity contribution < 1.29 is 9.59 Å². The van der Waals surface area contributed by atoms with E-state index >= 15 is 0 Å². The molecule has 3 N–H and O–H groups in total. The number of para-hydroxylation sites is 1. The summed E-state index contributed by atoms with van der Waals surface area (Å²) in [5.74, 6) is -0.0179. The molecule has 1 aliphatic rings. The molecule has 29 heavy (non-hydrogen) atoms. The summed E-state index contributed by atoms with van der Waals surface area (Å²) >= 11 is 6.01. The lowest BCUT2D eigenvalue weighted by molar-refractivity contribution is -0.117. The zero-order valence-electron chi connectivity index (χ0n) is 16.5. The lowest BCUT2D eigenvalue weighted by Crippen LogP contribution is -2.49. The van der Waals surface area contributed by atoms with Crippen LogP contribution in [0.5, 0.6) is 0 Å². The molecule has 2 aromatic rings. The smallest absolute Gasteiger partial charge is 0.315 e. The highest BCUT2D eigenvalue weighted by Crippen LogP contribution is 2.17. The van der Waals surface area contributed by atoms with E-state index < -0.39 is 0 Å². The number of benzene rings is 2. The van der Waals surface area contributed by atoms with Gasteiger partial charge in [0.15, 0.2) is 0 Å². The zero-order valence-corrected chi connectivity index (χ0v) is 17.3. The number of carbonyl (C=O) groups is 2. The fourth-order valence-electron chi connectivity index (χ4n) is 3.44. The summed E-state index contributed by atoms with van der Waals surface area (Å²) in [5.41, 5.74) is 1.77. The van der Waals surface area contributed by atoms with E-state index in [0.29, 0.717) is 11.6 Å². The molecule has 2 aromatic carbocycles. The maximum atomic E-state index is 12.3. The van der Waals surface area contributed by atoms with E-state index in [1.807, 2.05) is 61.5 Å². The molecule has 1 saturated heterocycles. The summed E-state index contributed by atoms with van der Waals surface area (Å²) in [5, 5.41) is 9.55. The molecular formula is C22H27ClN4O2. The maximum Gasteiger partial charge on any atom is 0.315 e. The first kappa shape index (κ1) is 21.1. The molecule has 0 saturated carbocycles. The number of hydrogen-bond donors (Lipinski definition) is 3. The molecule has 6 nitrogen and oxygen atoms in total. The van der Waals surface area contributed by atoms with Crippen molar-refractivity contribution >= 4 is 29.2 Å². The van der Waals surface area contributed by atoms with Gasteiger partial charge in [-0.3, -0.25) is 9.69 Å². The van der Waals surface area contributed by atoms with Crippen molar-refractivity contribution in [3.8, 4) is 0 Å². The Labute approximate surface area is 176 Å². The van der Waals surface area contributed by atoms with Crippen LogP contribution in [0.25, 0.3) is 0 Å². The summed E-state index contributed by atoms with van der Waals surface area (Å²) in [6.45, 7) is 3.84. The predicted molar refractivity (Wildman–Crippen MR) is 116 cm³/mol. The number of nitrogens with zero attached hydrogens (tertiary/aromatic N) is 1. The number of likely N-dealkylation sites (tertiary alicyclic amines) is 1. The van der Waals surface area contributed by atoms with Crippen LogP contribution in [0.15, 0.2) is 54.6 Å². The molecule has 0 aromatic heterocycles. The standard InChI is InChI=1S/C22H27ClN4O2/c1-16(17-6-5-7-18(23)14-17)24-22(29)26-20-10-12-27(13-11-20)15-21(28)25-19-8-3-2-4-9-19/h2-9,14,16,20H,10-13,15H2,1H3,(H,25,28)(H2,24,26,29)/t16-/m0/s1. The first-order valence-electron chi connectivity index (χ1n) is 9.89. The van der Waals surface area contributed by atoms with E-state index in [4.69, 9.17) is 11.6 Å². The van der Waals surface area contributed by atoms with E-state index in [1.54, 1.807) is 0 Å². The van der Waals surface area contributed by atoms with Gasteiger partial charge in [-0.15, -0.1) is 0 Å². The van der Waals surface area contributed by atoms with E-state index in [-0.39, 0.29) is 24.0 Å². The van der Waals surface area contributed by atoms with E-state index in [2.05, 4.69) is 20.9 Å². The van der Waals surface area contributed by atoms with Crippen LogP contribution in [0.2, 0.25) is 5.02 Å². The SMILES string of the molecule is C[C@H](NC(=O)NC1CCN(CC(=O)Nc2ccccc2)CC1)c1cccc(Cl)c1. The van der Waals surface area contributed by atoms with Crippen LogP contribution in [0.4, 0.5) is 10.5 Å². The van der Waals surface area contributed by atoms with Gasteiger partial charge in [0.2, 0.25) is 5.91 Å². The summed E-state index contributed by atoms with van der Waals surface area (Å²) in [6, 6.07) is 16.7. The Balaban J connectivity index is 1.38. The fraction of sp³-hybridized carbons (Fsp3) is 0.364. The summed E-state index contributed by atoms with van der Waals surface area (Å²) in [6.07, 6.45) is 1.63. The molecule has 0 radical (unpaired) electrons. The molecule has 0 bridgehead atoms. The second-order valence-electron chi connectivity index (χ2n) is 7.36. The van der Waals surface area contributed by atoms with Gasteiger partial charge in [0.05, 0.1) is 12.6 Å². The van der Waals surface area contributed by atoms with Crippen LogP contribution < -0.4 is 16.0 Å². The molecule has 1 fully saturated rings. The van der Waals surface area contributed by atoms with Gasteiger partial charge in [-0.05, 0) is 49.6 Å². The van der Waals surface area contributed by atoms with Crippen LogP contribution >= 0.6 is 11.6 Å². The third kappa shape index (κ3) is 6.76. The second-order valence-corrected chi connectivity index (χ2v) is 7.80. The van der Waals surface area contributed by atoms with Crippen LogP contribution in [0.1, 0.15) is 31.4 Å². The van der Waals surface area contributed by atoms with Crippen molar-refractivity contribution in [3.05, 3.63) is 65.2 Å². The number of halogens is 1. The van der Waals surface area contributed by atoms with Gasteiger partial charge in [0, 0.05) is 29.8 Å². The highest BCUT2D eigenvalue weighted by atomic mass is 35.5. The van der Waals surface area contributed by atoms with Crippen molar-refractivity contribution in [3.63, 3.8) is 0 Å². The molecule has 0 aliphatic carbocycles. The van der Waals surface area contributed by atoms with Gasteiger partial charge in [-0.1, -0.05) is 41.9 Å².